The summed E-state index contributed by atoms with van der Waals surface area (Å²) in [5, 5.41) is 3.95. The zero-order valence-corrected chi connectivity index (χ0v) is 10.9. The highest BCUT2D eigenvalue weighted by Gasteiger charge is 2.03. The number of aromatic nitrogens is 1. The largest absolute Gasteiger partial charge is 0.272 e. The maximum absolute atomic E-state index is 11.8. The SMILES string of the molecule is Cc1ccc(C(=O)N/N=C\c2ccccc2C)cn1. The lowest BCUT2D eigenvalue weighted by Crippen LogP contribution is -2.17. The van der Waals surface area contributed by atoms with Crippen LogP contribution in [0.4, 0.5) is 0 Å². The lowest BCUT2D eigenvalue weighted by atomic mass is 10.1. The molecule has 0 saturated heterocycles. The molecule has 4 heteroatoms. The van der Waals surface area contributed by atoms with Crippen molar-refractivity contribution in [1.29, 1.82) is 0 Å². The predicted molar refractivity (Wildman–Crippen MR) is 75.2 cm³/mol. The van der Waals surface area contributed by atoms with E-state index in [9.17, 15) is 4.79 Å². The number of rotatable bonds is 3. The van der Waals surface area contributed by atoms with Crippen LogP contribution in [-0.2, 0) is 0 Å². The summed E-state index contributed by atoms with van der Waals surface area (Å²) in [5.41, 5.74) is 5.94. The molecule has 96 valence electrons. The molecular weight excluding hydrogens is 238 g/mol. The van der Waals surface area contributed by atoms with Gasteiger partial charge in [-0.3, -0.25) is 9.78 Å². The van der Waals surface area contributed by atoms with E-state index in [0.717, 1.165) is 16.8 Å². The average Bonchev–Trinajstić information content (AvgIpc) is 2.41. The quantitative estimate of drug-likeness (QED) is 0.674. The van der Waals surface area contributed by atoms with Crippen LogP contribution in [0.1, 0.15) is 27.2 Å². The summed E-state index contributed by atoms with van der Waals surface area (Å²) in [6, 6.07) is 11.3. The third-order valence-electron chi connectivity index (χ3n) is 2.73. The van der Waals surface area contributed by atoms with Gasteiger partial charge in [0.15, 0.2) is 0 Å². The van der Waals surface area contributed by atoms with Crippen LogP contribution in [0, 0.1) is 13.8 Å². The zero-order valence-electron chi connectivity index (χ0n) is 10.9. The van der Waals surface area contributed by atoms with Crippen LogP contribution in [0.5, 0.6) is 0 Å². The maximum Gasteiger partial charge on any atom is 0.272 e. The molecule has 0 bridgehead atoms. The molecule has 0 radical (unpaired) electrons. The number of nitrogens with zero attached hydrogens (tertiary/aromatic N) is 2. The van der Waals surface area contributed by atoms with E-state index in [0.29, 0.717) is 5.56 Å². The summed E-state index contributed by atoms with van der Waals surface area (Å²) in [4.78, 5) is 15.8. The molecule has 1 N–H and O–H groups in total. The maximum atomic E-state index is 11.8. The van der Waals surface area contributed by atoms with Crippen LogP contribution in [0.2, 0.25) is 0 Å². The van der Waals surface area contributed by atoms with Gasteiger partial charge < -0.3 is 0 Å². The highest BCUT2D eigenvalue weighted by atomic mass is 16.2. The number of carbonyl (C=O) groups is 1. The molecule has 0 unspecified atom stereocenters. The van der Waals surface area contributed by atoms with Gasteiger partial charge in [0.1, 0.15) is 0 Å². The molecule has 0 aliphatic rings. The molecule has 2 rings (SSSR count). The van der Waals surface area contributed by atoms with E-state index in [1.165, 1.54) is 6.20 Å². The van der Waals surface area contributed by atoms with Crippen LogP contribution in [0.25, 0.3) is 0 Å². The molecule has 0 saturated carbocycles. The minimum absolute atomic E-state index is 0.266. The van der Waals surface area contributed by atoms with E-state index < -0.39 is 0 Å². The van der Waals surface area contributed by atoms with Gasteiger partial charge in [-0.05, 0) is 37.1 Å². The molecule has 0 aliphatic heterocycles. The Morgan fingerprint density at radius 1 is 1.21 bits per heavy atom. The van der Waals surface area contributed by atoms with E-state index in [1.807, 2.05) is 38.1 Å². The summed E-state index contributed by atoms with van der Waals surface area (Å²) >= 11 is 0. The number of benzene rings is 1. The zero-order chi connectivity index (χ0) is 13.7. The van der Waals surface area contributed by atoms with Gasteiger partial charge in [0.2, 0.25) is 0 Å². The predicted octanol–water partition coefficient (Wildman–Crippen LogP) is 2.46. The molecule has 0 fully saturated rings. The Labute approximate surface area is 112 Å². The highest BCUT2D eigenvalue weighted by molar-refractivity contribution is 5.94. The van der Waals surface area contributed by atoms with Crippen LogP contribution >= 0.6 is 0 Å². The molecule has 0 spiro atoms. The fourth-order valence-corrected chi connectivity index (χ4v) is 1.56. The van der Waals surface area contributed by atoms with E-state index in [4.69, 9.17) is 0 Å². The number of carbonyl (C=O) groups excluding carboxylic acids is 1. The van der Waals surface area contributed by atoms with Crippen molar-refractivity contribution in [1.82, 2.24) is 10.4 Å². The van der Waals surface area contributed by atoms with Crippen LogP contribution < -0.4 is 5.43 Å². The van der Waals surface area contributed by atoms with Crippen molar-refractivity contribution < 1.29 is 4.79 Å². The molecule has 0 atom stereocenters. The van der Waals surface area contributed by atoms with E-state index >= 15 is 0 Å². The minimum atomic E-state index is -0.266. The Morgan fingerprint density at radius 3 is 2.68 bits per heavy atom. The van der Waals surface area contributed by atoms with Crippen molar-refractivity contribution in [2.75, 3.05) is 0 Å². The average molecular weight is 253 g/mol. The third-order valence-corrected chi connectivity index (χ3v) is 2.73. The van der Waals surface area contributed by atoms with Crippen molar-refractivity contribution >= 4 is 12.1 Å². The van der Waals surface area contributed by atoms with Gasteiger partial charge in [0, 0.05) is 11.9 Å². The first-order valence-corrected chi connectivity index (χ1v) is 5.98. The summed E-state index contributed by atoms with van der Waals surface area (Å²) in [5.74, 6) is -0.266. The Kier molecular flexibility index (Phi) is 4.03. The first-order valence-electron chi connectivity index (χ1n) is 5.98. The molecule has 1 heterocycles. The molecule has 19 heavy (non-hydrogen) atoms. The lowest BCUT2D eigenvalue weighted by molar-refractivity contribution is 0.0955. The van der Waals surface area contributed by atoms with Gasteiger partial charge in [-0.2, -0.15) is 5.10 Å². The first-order chi connectivity index (χ1) is 9.16. The van der Waals surface area contributed by atoms with Crippen LogP contribution in [0.15, 0.2) is 47.7 Å². The molecule has 1 amide bonds. The smallest absolute Gasteiger partial charge is 0.267 e. The summed E-state index contributed by atoms with van der Waals surface area (Å²) < 4.78 is 0. The van der Waals surface area contributed by atoms with E-state index in [2.05, 4.69) is 15.5 Å². The Bertz CT molecular complexity index is 603. The topological polar surface area (TPSA) is 54.4 Å². The molecular formula is C15H15N3O. The second-order valence-electron chi connectivity index (χ2n) is 4.24. The van der Waals surface area contributed by atoms with Crippen LogP contribution in [-0.4, -0.2) is 17.1 Å². The summed E-state index contributed by atoms with van der Waals surface area (Å²) in [7, 11) is 0. The summed E-state index contributed by atoms with van der Waals surface area (Å²) in [6.07, 6.45) is 3.17. The number of hydrogen-bond acceptors (Lipinski definition) is 3. The number of amides is 1. The summed E-state index contributed by atoms with van der Waals surface area (Å²) in [6.45, 7) is 3.87. The monoisotopic (exact) mass is 253 g/mol. The van der Waals surface area contributed by atoms with Gasteiger partial charge in [0.25, 0.3) is 5.91 Å². The number of nitrogens with one attached hydrogen (secondary N) is 1. The second kappa shape index (κ2) is 5.91. The fourth-order valence-electron chi connectivity index (χ4n) is 1.56. The molecule has 2 aromatic rings. The highest BCUT2D eigenvalue weighted by Crippen LogP contribution is 2.03. The molecule has 1 aromatic heterocycles. The van der Waals surface area contributed by atoms with E-state index in [-0.39, 0.29) is 5.91 Å². The minimum Gasteiger partial charge on any atom is -0.267 e. The fraction of sp³-hybridized carbons (Fsp3) is 0.133. The number of aryl methyl sites for hydroxylation is 2. The van der Waals surface area contributed by atoms with Crippen LogP contribution in [0.3, 0.4) is 0 Å². The number of hydrazone groups is 1. The Balaban J connectivity index is 2.01. The number of pyridine rings is 1. The standard InChI is InChI=1S/C15H15N3O/c1-11-5-3-4-6-13(11)10-17-18-15(19)14-8-7-12(2)16-9-14/h3-10H,1-2H3,(H,18,19)/b17-10-. The van der Waals surface area contributed by atoms with Crippen molar-refractivity contribution in [3.05, 3.63) is 65.0 Å². The Hall–Kier alpha value is -2.49. The third kappa shape index (κ3) is 3.48. The van der Waals surface area contributed by atoms with Crippen molar-refractivity contribution in [3.63, 3.8) is 0 Å². The van der Waals surface area contributed by atoms with Crippen molar-refractivity contribution in [2.45, 2.75) is 13.8 Å². The second-order valence-corrected chi connectivity index (χ2v) is 4.24. The first kappa shape index (κ1) is 13.0. The number of hydrogen-bond donors (Lipinski definition) is 1. The Morgan fingerprint density at radius 2 is 2.00 bits per heavy atom. The molecule has 0 aliphatic carbocycles. The normalized spacial score (nSPS) is 10.6. The van der Waals surface area contributed by atoms with E-state index in [1.54, 1.807) is 18.3 Å². The van der Waals surface area contributed by atoms with Gasteiger partial charge >= 0.3 is 0 Å². The van der Waals surface area contributed by atoms with Crippen molar-refractivity contribution in [3.8, 4) is 0 Å². The van der Waals surface area contributed by atoms with Gasteiger partial charge in [-0.1, -0.05) is 24.3 Å². The van der Waals surface area contributed by atoms with Gasteiger partial charge in [-0.15, -0.1) is 0 Å². The van der Waals surface area contributed by atoms with Gasteiger partial charge in [-0.25, -0.2) is 5.43 Å². The van der Waals surface area contributed by atoms with Crippen molar-refractivity contribution in [2.24, 2.45) is 5.10 Å². The van der Waals surface area contributed by atoms with Gasteiger partial charge in [0.05, 0.1) is 11.8 Å². The lowest BCUT2D eigenvalue weighted by Gasteiger charge is -2.01. The molecule has 4 nitrogen and oxygen atoms in total. The molecule has 1 aromatic carbocycles.